The number of rotatable bonds is 3. The van der Waals surface area contributed by atoms with Crippen LogP contribution in [0.1, 0.15) is 32.1 Å². The molecule has 0 amide bonds. The number of hydrogen-bond donors (Lipinski definition) is 2. The van der Waals surface area contributed by atoms with Crippen molar-refractivity contribution in [1.29, 1.82) is 0 Å². The summed E-state index contributed by atoms with van der Waals surface area (Å²) in [5, 5.41) is 3.74. The quantitative estimate of drug-likeness (QED) is 0.683. The summed E-state index contributed by atoms with van der Waals surface area (Å²) in [7, 11) is 0. The van der Waals surface area contributed by atoms with E-state index in [0.29, 0.717) is 0 Å². The Balaban J connectivity index is 1.69. The van der Waals surface area contributed by atoms with Crippen molar-refractivity contribution >= 4 is 12.6 Å². The molecule has 0 aromatic carbocycles. The molecule has 0 aliphatic heterocycles. The lowest BCUT2D eigenvalue weighted by atomic mass is 9.54. The third-order valence-corrected chi connectivity index (χ3v) is 4.94. The van der Waals surface area contributed by atoms with E-state index in [1.165, 1.54) is 25.7 Å². The first-order valence-corrected chi connectivity index (χ1v) is 6.84. The van der Waals surface area contributed by atoms with Crippen LogP contribution in [-0.2, 0) is 0 Å². The zero-order chi connectivity index (χ0) is 9.54. The van der Waals surface area contributed by atoms with Crippen molar-refractivity contribution in [3.05, 3.63) is 0 Å². The van der Waals surface area contributed by atoms with E-state index in [-0.39, 0.29) is 0 Å². The average Bonchev–Trinajstić information content (AvgIpc) is 2.15. The maximum atomic E-state index is 4.29. The molecule has 4 rings (SSSR count). The van der Waals surface area contributed by atoms with Crippen molar-refractivity contribution in [3.63, 3.8) is 0 Å². The Morgan fingerprint density at radius 1 is 0.929 bits per heavy atom. The highest BCUT2D eigenvalue weighted by Crippen LogP contribution is 2.53. The smallest absolute Gasteiger partial charge is 0.0124 e. The first kappa shape index (κ1) is 9.53. The molecule has 2 heteroatoms. The molecule has 4 aliphatic carbocycles. The first-order valence-electron chi connectivity index (χ1n) is 6.21. The summed E-state index contributed by atoms with van der Waals surface area (Å²) in [6.07, 6.45) is 7.66. The summed E-state index contributed by atoms with van der Waals surface area (Å²) >= 11 is 4.29. The molecule has 0 unspecified atom stereocenters. The van der Waals surface area contributed by atoms with Gasteiger partial charge in [0.05, 0.1) is 0 Å². The van der Waals surface area contributed by atoms with Gasteiger partial charge in [-0.15, -0.1) is 0 Å². The van der Waals surface area contributed by atoms with Crippen molar-refractivity contribution < 1.29 is 0 Å². The molecular formula is C12H21NS. The molecule has 80 valence electrons. The van der Waals surface area contributed by atoms with E-state index in [2.05, 4.69) is 17.9 Å². The maximum absolute atomic E-state index is 4.29. The lowest BCUT2D eigenvalue weighted by Gasteiger charge is -2.54. The predicted molar refractivity (Wildman–Crippen MR) is 62.7 cm³/mol. The van der Waals surface area contributed by atoms with Gasteiger partial charge in [-0.1, -0.05) is 0 Å². The van der Waals surface area contributed by atoms with E-state index in [1.807, 2.05) is 0 Å². The standard InChI is InChI=1S/C12H21NS/c14-2-1-13-12-10-4-8-3-9(6-10)7-11(12)5-8/h8-14H,1-7H2. The van der Waals surface area contributed by atoms with E-state index >= 15 is 0 Å². The van der Waals surface area contributed by atoms with E-state index in [9.17, 15) is 0 Å². The Kier molecular flexibility index (Phi) is 2.53. The largest absolute Gasteiger partial charge is 0.313 e. The van der Waals surface area contributed by atoms with Gasteiger partial charge in [-0.05, 0) is 55.8 Å². The van der Waals surface area contributed by atoms with Gasteiger partial charge in [0.2, 0.25) is 0 Å². The molecule has 1 N–H and O–H groups in total. The molecule has 14 heavy (non-hydrogen) atoms. The van der Waals surface area contributed by atoms with Crippen LogP contribution in [0.15, 0.2) is 0 Å². The van der Waals surface area contributed by atoms with Crippen molar-refractivity contribution in [3.8, 4) is 0 Å². The molecular weight excluding hydrogens is 190 g/mol. The summed E-state index contributed by atoms with van der Waals surface area (Å²) in [4.78, 5) is 0. The van der Waals surface area contributed by atoms with Crippen LogP contribution in [0.25, 0.3) is 0 Å². The highest BCUT2D eigenvalue weighted by molar-refractivity contribution is 7.80. The van der Waals surface area contributed by atoms with Gasteiger partial charge in [0.1, 0.15) is 0 Å². The molecule has 0 aromatic rings. The first-order chi connectivity index (χ1) is 6.86. The van der Waals surface area contributed by atoms with Crippen LogP contribution in [0.2, 0.25) is 0 Å². The van der Waals surface area contributed by atoms with Crippen LogP contribution in [0.3, 0.4) is 0 Å². The number of thiol groups is 1. The summed E-state index contributed by atoms with van der Waals surface area (Å²) in [5.41, 5.74) is 0. The van der Waals surface area contributed by atoms with E-state index < -0.39 is 0 Å². The molecule has 1 nitrogen and oxygen atoms in total. The molecule has 0 spiro atoms. The Labute approximate surface area is 92.4 Å². The minimum atomic E-state index is 0.856. The van der Waals surface area contributed by atoms with Crippen molar-refractivity contribution in [2.75, 3.05) is 12.3 Å². The Morgan fingerprint density at radius 3 is 2.00 bits per heavy atom. The minimum Gasteiger partial charge on any atom is -0.313 e. The number of hydrogen-bond acceptors (Lipinski definition) is 2. The fourth-order valence-corrected chi connectivity index (χ4v) is 4.62. The topological polar surface area (TPSA) is 12.0 Å². The molecule has 4 saturated carbocycles. The second kappa shape index (κ2) is 3.71. The Bertz CT molecular complexity index is 188. The van der Waals surface area contributed by atoms with Crippen molar-refractivity contribution in [2.45, 2.75) is 38.1 Å². The van der Waals surface area contributed by atoms with Gasteiger partial charge in [0, 0.05) is 18.3 Å². The summed E-state index contributed by atoms with van der Waals surface area (Å²) in [6.45, 7) is 1.11. The van der Waals surface area contributed by atoms with Gasteiger partial charge in [0.25, 0.3) is 0 Å². The predicted octanol–water partition coefficient (Wildman–Crippen LogP) is 2.33. The molecule has 0 radical (unpaired) electrons. The molecule has 0 aromatic heterocycles. The molecule has 4 fully saturated rings. The average molecular weight is 211 g/mol. The van der Waals surface area contributed by atoms with Crippen LogP contribution in [0, 0.1) is 23.7 Å². The molecule has 0 saturated heterocycles. The minimum absolute atomic E-state index is 0.856. The SMILES string of the molecule is SCCNC1C2CC3CC(C2)CC1C3. The second-order valence-electron chi connectivity index (χ2n) is 5.63. The van der Waals surface area contributed by atoms with Crippen molar-refractivity contribution in [2.24, 2.45) is 23.7 Å². The number of nitrogens with one attached hydrogen (secondary N) is 1. The Hall–Kier alpha value is 0.310. The summed E-state index contributed by atoms with van der Waals surface area (Å²) in [6, 6.07) is 0.856. The highest BCUT2D eigenvalue weighted by atomic mass is 32.1. The molecule has 0 atom stereocenters. The van der Waals surface area contributed by atoms with E-state index in [1.54, 1.807) is 6.42 Å². The van der Waals surface area contributed by atoms with Gasteiger partial charge in [-0.25, -0.2) is 0 Å². The van der Waals surface area contributed by atoms with Crippen LogP contribution in [0.4, 0.5) is 0 Å². The zero-order valence-corrected chi connectivity index (χ0v) is 9.68. The highest BCUT2D eigenvalue weighted by Gasteiger charge is 2.47. The molecule has 4 bridgehead atoms. The normalized spacial score (nSPS) is 49.9. The molecule has 4 aliphatic rings. The summed E-state index contributed by atoms with van der Waals surface area (Å²) < 4.78 is 0. The third-order valence-electron chi connectivity index (χ3n) is 4.72. The van der Waals surface area contributed by atoms with Crippen LogP contribution in [-0.4, -0.2) is 18.3 Å². The van der Waals surface area contributed by atoms with Gasteiger partial charge < -0.3 is 5.32 Å². The Morgan fingerprint density at radius 2 is 1.50 bits per heavy atom. The van der Waals surface area contributed by atoms with Crippen molar-refractivity contribution in [1.82, 2.24) is 5.32 Å². The van der Waals surface area contributed by atoms with Gasteiger partial charge in [0.15, 0.2) is 0 Å². The fourth-order valence-electron chi connectivity index (χ4n) is 4.49. The van der Waals surface area contributed by atoms with Crippen LogP contribution in [0.5, 0.6) is 0 Å². The lowest BCUT2D eigenvalue weighted by molar-refractivity contribution is -0.0128. The monoisotopic (exact) mass is 211 g/mol. The van der Waals surface area contributed by atoms with Crippen LogP contribution >= 0.6 is 12.6 Å². The second-order valence-corrected chi connectivity index (χ2v) is 6.08. The van der Waals surface area contributed by atoms with Crippen LogP contribution < -0.4 is 5.32 Å². The maximum Gasteiger partial charge on any atom is 0.0124 e. The van der Waals surface area contributed by atoms with E-state index in [4.69, 9.17) is 0 Å². The summed E-state index contributed by atoms with van der Waals surface area (Å²) in [5.74, 6) is 5.23. The van der Waals surface area contributed by atoms with Gasteiger partial charge in [-0.2, -0.15) is 12.6 Å². The van der Waals surface area contributed by atoms with Gasteiger partial charge >= 0.3 is 0 Å². The molecule has 0 heterocycles. The van der Waals surface area contributed by atoms with Gasteiger partial charge in [-0.3, -0.25) is 0 Å². The lowest BCUT2D eigenvalue weighted by Crippen LogP contribution is -2.54. The third kappa shape index (κ3) is 1.51. The van der Waals surface area contributed by atoms with E-state index in [0.717, 1.165) is 42.0 Å². The zero-order valence-electron chi connectivity index (χ0n) is 8.78. The fraction of sp³-hybridized carbons (Fsp3) is 1.00.